The Labute approximate surface area is 134 Å². The molecule has 0 aromatic heterocycles. The summed E-state index contributed by atoms with van der Waals surface area (Å²) in [4.78, 5) is 23.4. The monoisotopic (exact) mass is 322 g/mol. The second-order valence-electron chi connectivity index (χ2n) is 7.20. The molecule has 1 aliphatic heterocycles. The van der Waals surface area contributed by atoms with Gasteiger partial charge in [0.25, 0.3) is 0 Å². The molecule has 2 fully saturated rings. The number of hydrogen-bond acceptors (Lipinski definition) is 6. The first kappa shape index (κ1) is 16.2. The van der Waals surface area contributed by atoms with E-state index in [0.29, 0.717) is 5.57 Å². The first-order chi connectivity index (χ1) is 10.6. The van der Waals surface area contributed by atoms with Crippen LogP contribution in [0.2, 0.25) is 0 Å². The van der Waals surface area contributed by atoms with Crippen LogP contribution in [-0.2, 0) is 19.1 Å². The van der Waals surface area contributed by atoms with Gasteiger partial charge in [-0.25, -0.2) is 4.79 Å². The molecule has 3 rings (SSSR count). The third-order valence-electron chi connectivity index (χ3n) is 5.51. The highest BCUT2D eigenvalue weighted by molar-refractivity contribution is 5.91. The second kappa shape index (κ2) is 4.92. The van der Waals surface area contributed by atoms with Crippen LogP contribution in [0.3, 0.4) is 0 Å². The summed E-state index contributed by atoms with van der Waals surface area (Å²) in [5, 5.41) is 21.8. The molecule has 0 bridgehead atoms. The Morgan fingerprint density at radius 1 is 1.43 bits per heavy atom. The summed E-state index contributed by atoms with van der Waals surface area (Å²) in [7, 11) is 0. The van der Waals surface area contributed by atoms with Crippen molar-refractivity contribution in [3.8, 4) is 0 Å². The Hall–Kier alpha value is -1.66. The molecule has 2 aliphatic carbocycles. The van der Waals surface area contributed by atoms with Gasteiger partial charge < -0.3 is 19.7 Å². The molecule has 1 heterocycles. The van der Waals surface area contributed by atoms with Gasteiger partial charge in [-0.2, -0.15) is 0 Å². The summed E-state index contributed by atoms with van der Waals surface area (Å²) in [6.45, 7) is 8.29. The lowest BCUT2D eigenvalue weighted by Crippen LogP contribution is -2.51. The zero-order chi connectivity index (χ0) is 17.2. The predicted molar refractivity (Wildman–Crippen MR) is 80.0 cm³/mol. The van der Waals surface area contributed by atoms with Crippen LogP contribution >= 0.6 is 0 Å². The maximum atomic E-state index is 11.9. The highest BCUT2D eigenvalue weighted by atomic mass is 16.6. The van der Waals surface area contributed by atoms with Crippen LogP contribution in [0.1, 0.15) is 27.2 Å². The lowest BCUT2D eigenvalue weighted by Gasteiger charge is -2.40. The first-order valence-corrected chi connectivity index (χ1v) is 7.77. The summed E-state index contributed by atoms with van der Waals surface area (Å²) in [6.07, 6.45) is 2.15. The molecule has 1 saturated carbocycles. The van der Waals surface area contributed by atoms with Crippen molar-refractivity contribution in [2.45, 2.75) is 50.6 Å². The molecule has 0 aromatic carbocycles. The van der Waals surface area contributed by atoms with Gasteiger partial charge in [0.15, 0.2) is 0 Å². The van der Waals surface area contributed by atoms with E-state index < -0.39 is 53.1 Å². The number of hydrogen-bond donors (Lipinski definition) is 2. The molecule has 0 aromatic rings. The van der Waals surface area contributed by atoms with E-state index in [9.17, 15) is 19.8 Å². The van der Waals surface area contributed by atoms with E-state index in [4.69, 9.17) is 9.47 Å². The molecular weight excluding hydrogens is 300 g/mol. The van der Waals surface area contributed by atoms with Crippen molar-refractivity contribution in [2.24, 2.45) is 17.8 Å². The molecular formula is C17H22O6. The topological polar surface area (TPSA) is 93.1 Å². The molecule has 6 heteroatoms. The van der Waals surface area contributed by atoms with Gasteiger partial charge in [0, 0.05) is 30.3 Å². The Balaban J connectivity index is 2.08. The van der Waals surface area contributed by atoms with E-state index in [0.717, 1.165) is 0 Å². The third-order valence-corrected chi connectivity index (χ3v) is 5.51. The van der Waals surface area contributed by atoms with Gasteiger partial charge in [0.05, 0.1) is 5.60 Å². The van der Waals surface area contributed by atoms with Gasteiger partial charge in [0.1, 0.15) is 17.8 Å². The fourth-order valence-electron chi connectivity index (χ4n) is 4.27. The van der Waals surface area contributed by atoms with Crippen molar-refractivity contribution < 1.29 is 29.3 Å². The number of esters is 2. The zero-order valence-corrected chi connectivity index (χ0v) is 13.5. The van der Waals surface area contributed by atoms with Crippen LogP contribution in [-0.4, -0.2) is 45.6 Å². The molecule has 0 radical (unpaired) electrons. The van der Waals surface area contributed by atoms with Gasteiger partial charge in [-0.3, -0.25) is 4.79 Å². The summed E-state index contributed by atoms with van der Waals surface area (Å²) in [5.74, 6) is -2.43. The van der Waals surface area contributed by atoms with Crippen molar-refractivity contribution in [3.05, 3.63) is 24.3 Å². The van der Waals surface area contributed by atoms with Crippen LogP contribution in [0, 0.1) is 17.8 Å². The lowest BCUT2D eigenvalue weighted by molar-refractivity contribution is -0.170. The standard InChI is InChI=1S/C17H22O6/c1-8-10-7-12(22-9(2)18)17(4,21)11-5-6-16(3,20)13(11)14(10)23-15(8)19/h5-6,10-14,20-21H,1,7H2,2-4H3/t10-,11+,12+,13-,14-,16+,17-/m1/s1. The van der Waals surface area contributed by atoms with Crippen molar-refractivity contribution in [1.82, 2.24) is 0 Å². The lowest BCUT2D eigenvalue weighted by atomic mass is 9.73. The molecule has 23 heavy (non-hydrogen) atoms. The van der Waals surface area contributed by atoms with Crippen molar-refractivity contribution in [2.75, 3.05) is 0 Å². The highest BCUT2D eigenvalue weighted by Crippen LogP contribution is 2.53. The number of carbonyl (C=O) groups is 2. The number of aliphatic hydroxyl groups is 2. The summed E-state index contributed by atoms with van der Waals surface area (Å²) >= 11 is 0. The molecule has 3 aliphatic rings. The molecule has 1 saturated heterocycles. The van der Waals surface area contributed by atoms with E-state index in [1.807, 2.05) is 0 Å². The molecule has 2 N–H and O–H groups in total. The van der Waals surface area contributed by atoms with Gasteiger partial charge in [-0.15, -0.1) is 0 Å². The summed E-state index contributed by atoms with van der Waals surface area (Å²) < 4.78 is 10.8. The quantitative estimate of drug-likeness (QED) is 0.420. The Morgan fingerprint density at radius 3 is 2.70 bits per heavy atom. The fourth-order valence-corrected chi connectivity index (χ4v) is 4.27. The average molecular weight is 322 g/mol. The van der Waals surface area contributed by atoms with Crippen LogP contribution < -0.4 is 0 Å². The van der Waals surface area contributed by atoms with Crippen LogP contribution in [0.25, 0.3) is 0 Å². The minimum Gasteiger partial charge on any atom is -0.459 e. The van der Waals surface area contributed by atoms with E-state index >= 15 is 0 Å². The number of fused-ring (bicyclic) bond motifs is 3. The largest absolute Gasteiger partial charge is 0.459 e. The van der Waals surface area contributed by atoms with E-state index in [1.165, 1.54) is 6.92 Å². The first-order valence-electron chi connectivity index (χ1n) is 7.77. The maximum Gasteiger partial charge on any atom is 0.334 e. The van der Waals surface area contributed by atoms with Crippen LogP contribution in [0.4, 0.5) is 0 Å². The molecule has 7 atom stereocenters. The minimum absolute atomic E-state index is 0.235. The highest BCUT2D eigenvalue weighted by Gasteiger charge is 2.62. The zero-order valence-electron chi connectivity index (χ0n) is 13.5. The smallest absolute Gasteiger partial charge is 0.334 e. The molecule has 126 valence electrons. The van der Waals surface area contributed by atoms with Gasteiger partial charge in [-0.1, -0.05) is 18.7 Å². The van der Waals surface area contributed by atoms with Gasteiger partial charge in [-0.05, 0) is 20.3 Å². The summed E-state index contributed by atoms with van der Waals surface area (Å²) in [6, 6.07) is 0. The molecule has 6 nitrogen and oxygen atoms in total. The SMILES string of the molecule is C=C1C(=O)O[C@H]2[C@H]3[C@H](C=C[C@]3(C)O)[C@@](C)(O)[C@@H](OC(C)=O)C[C@H]12. The van der Waals surface area contributed by atoms with E-state index in [-0.39, 0.29) is 6.42 Å². The Bertz CT molecular complexity index is 602. The fraction of sp³-hybridized carbons (Fsp3) is 0.647. The van der Waals surface area contributed by atoms with Crippen molar-refractivity contribution in [1.29, 1.82) is 0 Å². The van der Waals surface area contributed by atoms with Gasteiger partial charge in [0.2, 0.25) is 0 Å². The second-order valence-corrected chi connectivity index (χ2v) is 7.20. The minimum atomic E-state index is -1.38. The molecule has 0 spiro atoms. The summed E-state index contributed by atoms with van der Waals surface area (Å²) in [5.41, 5.74) is -2.32. The van der Waals surface area contributed by atoms with Gasteiger partial charge >= 0.3 is 11.9 Å². The molecule has 0 unspecified atom stereocenters. The Kier molecular flexibility index (Phi) is 3.46. The van der Waals surface area contributed by atoms with E-state index in [1.54, 1.807) is 26.0 Å². The number of ether oxygens (including phenoxy) is 2. The third kappa shape index (κ3) is 2.32. The number of carbonyl (C=O) groups excluding carboxylic acids is 2. The average Bonchev–Trinajstić information content (AvgIpc) is 2.84. The normalized spacial score (nSPS) is 48.5. The van der Waals surface area contributed by atoms with Crippen LogP contribution in [0.15, 0.2) is 24.3 Å². The predicted octanol–water partition coefficient (Wildman–Crippen LogP) is 0.724. The maximum absolute atomic E-state index is 11.9. The molecule has 0 amide bonds. The van der Waals surface area contributed by atoms with E-state index in [2.05, 4.69) is 6.58 Å². The number of rotatable bonds is 1. The Morgan fingerprint density at radius 2 is 2.09 bits per heavy atom. The van der Waals surface area contributed by atoms with Crippen LogP contribution in [0.5, 0.6) is 0 Å². The van der Waals surface area contributed by atoms with Crippen molar-refractivity contribution >= 4 is 11.9 Å². The van der Waals surface area contributed by atoms with Crippen molar-refractivity contribution in [3.63, 3.8) is 0 Å².